The Labute approximate surface area is 255 Å². The fourth-order valence-electron chi connectivity index (χ4n) is 5.43. The SMILES string of the molecule is CCN1CCN(c2cc(NC(=O)Cn3cc(-c4cc(C(N)=O)c(O)c(F)c4F)c4c(=O)n(C)c(C)nc43)c(Cl)cn2)[C@@H](C)C1. The third-order valence-corrected chi connectivity index (χ3v) is 8.24. The van der Waals surface area contributed by atoms with E-state index in [0.29, 0.717) is 17.3 Å². The van der Waals surface area contributed by atoms with Crippen LogP contribution < -0.4 is 21.5 Å². The molecule has 0 bridgehead atoms. The van der Waals surface area contributed by atoms with Crippen LogP contribution in [0, 0.1) is 18.6 Å². The fourth-order valence-corrected chi connectivity index (χ4v) is 5.58. The fraction of sp³-hybridized carbons (Fsp3) is 0.345. The molecule has 0 saturated carbocycles. The number of nitrogens with two attached hydrogens (primary N) is 1. The summed E-state index contributed by atoms with van der Waals surface area (Å²) in [6.07, 6.45) is 2.72. The molecule has 5 rings (SSSR count). The normalized spacial score (nSPS) is 15.6. The number of phenols is 1. The number of aromatic hydroxyl groups is 1. The van der Waals surface area contributed by atoms with Crippen LogP contribution in [-0.2, 0) is 18.4 Å². The van der Waals surface area contributed by atoms with Gasteiger partial charge in [-0.05, 0) is 26.5 Å². The number of fused-ring (bicyclic) bond motifs is 1. The van der Waals surface area contributed by atoms with Crippen molar-refractivity contribution in [3.05, 3.63) is 62.9 Å². The number of likely N-dealkylation sites (N-methyl/N-ethyl adjacent to an activating group) is 1. The Hall–Kier alpha value is -4.56. The van der Waals surface area contributed by atoms with E-state index in [1.165, 1.54) is 28.6 Å². The second-order valence-corrected chi connectivity index (χ2v) is 11.1. The summed E-state index contributed by atoms with van der Waals surface area (Å²) in [6.45, 7) is 8.83. The minimum absolute atomic E-state index is 0.0217. The van der Waals surface area contributed by atoms with Crippen molar-refractivity contribution in [2.24, 2.45) is 12.8 Å². The van der Waals surface area contributed by atoms with E-state index in [9.17, 15) is 23.9 Å². The second kappa shape index (κ2) is 11.8. The van der Waals surface area contributed by atoms with Gasteiger partial charge >= 0.3 is 0 Å². The first-order chi connectivity index (χ1) is 20.8. The molecule has 1 aliphatic heterocycles. The lowest BCUT2D eigenvalue weighted by Crippen LogP contribution is -2.52. The molecule has 1 saturated heterocycles. The molecule has 1 aliphatic rings. The lowest BCUT2D eigenvalue weighted by Gasteiger charge is -2.40. The van der Waals surface area contributed by atoms with Crippen molar-refractivity contribution < 1.29 is 23.5 Å². The van der Waals surface area contributed by atoms with E-state index < -0.39 is 45.9 Å². The largest absolute Gasteiger partial charge is 0.504 e. The summed E-state index contributed by atoms with van der Waals surface area (Å²) in [5, 5.41) is 12.8. The number of halogens is 3. The number of rotatable bonds is 7. The predicted octanol–water partition coefficient (Wildman–Crippen LogP) is 3.01. The molecule has 1 aromatic carbocycles. The molecule has 4 heterocycles. The third kappa shape index (κ3) is 5.46. The predicted molar refractivity (Wildman–Crippen MR) is 162 cm³/mol. The van der Waals surface area contributed by atoms with Gasteiger partial charge in [0, 0.05) is 56.1 Å². The van der Waals surface area contributed by atoms with E-state index in [1.54, 1.807) is 13.0 Å². The number of hydrogen-bond donors (Lipinski definition) is 3. The summed E-state index contributed by atoms with van der Waals surface area (Å²) in [4.78, 5) is 51.9. The molecular weight excluding hydrogens is 598 g/mol. The number of primary amides is 1. The average Bonchev–Trinajstić information content (AvgIpc) is 3.32. The van der Waals surface area contributed by atoms with Crippen molar-refractivity contribution in [1.29, 1.82) is 0 Å². The van der Waals surface area contributed by atoms with E-state index in [-0.39, 0.29) is 34.2 Å². The molecule has 1 fully saturated rings. The van der Waals surface area contributed by atoms with Crippen LogP contribution in [0.2, 0.25) is 5.02 Å². The molecule has 1 atom stereocenters. The molecule has 0 radical (unpaired) electrons. The lowest BCUT2D eigenvalue weighted by atomic mass is 10.0. The van der Waals surface area contributed by atoms with Crippen molar-refractivity contribution in [3.63, 3.8) is 0 Å². The first-order valence-corrected chi connectivity index (χ1v) is 14.2. The van der Waals surface area contributed by atoms with Gasteiger partial charge in [-0.25, -0.2) is 14.4 Å². The van der Waals surface area contributed by atoms with Crippen LogP contribution in [-0.4, -0.2) is 73.1 Å². The zero-order chi connectivity index (χ0) is 32.0. The van der Waals surface area contributed by atoms with Crippen LogP contribution in [0.1, 0.15) is 30.0 Å². The molecule has 2 amide bonds. The van der Waals surface area contributed by atoms with Gasteiger partial charge in [0.2, 0.25) is 11.7 Å². The molecule has 44 heavy (non-hydrogen) atoms. The van der Waals surface area contributed by atoms with Crippen molar-refractivity contribution in [1.82, 2.24) is 24.0 Å². The van der Waals surface area contributed by atoms with Gasteiger partial charge in [-0.1, -0.05) is 18.5 Å². The smallest absolute Gasteiger partial charge is 0.263 e. The summed E-state index contributed by atoms with van der Waals surface area (Å²) in [6, 6.07) is 2.73. The minimum atomic E-state index is -1.71. The topological polar surface area (TPSA) is 152 Å². The summed E-state index contributed by atoms with van der Waals surface area (Å²) in [5.41, 5.74) is 3.66. The number of carbonyl (C=O) groups excluding carboxylic acids is 2. The summed E-state index contributed by atoms with van der Waals surface area (Å²) in [7, 11) is 1.45. The average molecular weight is 629 g/mol. The summed E-state index contributed by atoms with van der Waals surface area (Å²) < 4.78 is 32.3. The maximum atomic E-state index is 15.2. The van der Waals surface area contributed by atoms with Crippen LogP contribution in [0.5, 0.6) is 5.75 Å². The van der Waals surface area contributed by atoms with Crippen molar-refractivity contribution in [3.8, 4) is 16.9 Å². The number of hydrogen-bond acceptors (Lipinski definition) is 8. The first-order valence-electron chi connectivity index (χ1n) is 13.8. The van der Waals surface area contributed by atoms with E-state index in [4.69, 9.17) is 17.3 Å². The zero-order valence-electron chi connectivity index (χ0n) is 24.5. The number of anilines is 2. The van der Waals surface area contributed by atoms with Gasteiger partial charge in [-0.3, -0.25) is 23.9 Å². The highest BCUT2D eigenvalue weighted by Gasteiger charge is 2.27. The number of nitrogens with one attached hydrogen (secondary N) is 1. The Kier molecular flexibility index (Phi) is 8.32. The van der Waals surface area contributed by atoms with Gasteiger partial charge in [0.25, 0.3) is 11.5 Å². The molecule has 0 spiro atoms. The molecule has 232 valence electrons. The van der Waals surface area contributed by atoms with E-state index in [0.717, 1.165) is 32.2 Å². The van der Waals surface area contributed by atoms with Crippen molar-refractivity contribution >= 4 is 46.0 Å². The Morgan fingerprint density at radius 3 is 2.59 bits per heavy atom. The Morgan fingerprint density at radius 2 is 1.93 bits per heavy atom. The second-order valence-electron chi connectivity index (χ2n) is 10.7. The quantitative estimate of drug-likeness (QED) is 0.283. The summed E-state index contributed by atoms with van der Waals surface area (Å²) >= 11 is 6.39. The van der Waals surface area contributed by atoms with Gasteiger partial charge < -0.3 is 25.6 Å². The standard InChI is InChI=1S/C29H31ClF2N8O4/c1-5-38-6-7-40(14(2)11-38)21-9-20(19(30)10-34-21)36-22(41)13-39-12-18(23-28(39)35-15(3)37(4)29(23)44)16-8-17(27(33)43)26(42)25(32)24(16)31/h8-10,12,14,42H,5-7,11,13H2,1-4H3,(H2,33,43)(H,34,36,41)/t14-/m0/s1. The Bertz CT molecular complexity index is 1870. The van der Waals surface area contributed by atoms with Crippen molar-refractivity contribution in [2.45, 2.75) is 33.4 Å². The van der Waals surface area contributed by atoms with Gasteiger partial charge in [-0.2, -0.15) is 4.39 Å². The Morgan fingerprint density at radius 1 is 1.20 bits per heavy atom. The zero-order valence-corrected chi connectivity index (χ0v) is 25.2. The lowest BCUT2D eigenvalue weighted by molar-refractivity contribution is -0.116. The highest BCUT2D eigenvalue weighted by Crippen LogP contribution is 2.36. The van der Waals surface area contributed by atoms with Crippen LogP contribution in [0.15, 0.2) is 29.3 Å². The van der Waals surface area contributed by atoms with Crippen molar-refractivity contribution in [2.75, 3.05) is 36.4 Å². The number of benzene rings is 1. The first kappa shape index (κ1) is 30.9. The molecule has 4 N–H and O–H groups in total. The van der Waals surface area contributed by atoms with Crippen LogP contribution in [0.4, 0.5) is 20.3 Å². The molecule has 4 aromatic rings. The minimum Gasteiger partial charge on any atom is -0.504 e. The van der Waals surface area contributed by atoms with Crippen LogP contribution in [0.25, 0.3) is 22.2 Å². The Balaban J connectivity index is 1.52. The summed E-state index contributed by atoms with van der Waals surface area (Å²) in [5.74, 6) is -5.28. The molecule has 0 aliphatic carbocycles. The van der Waals surface area contributed by atoms with Crippen LogP contribution >= 0.6 is 11.6 Å². The van der Waals surface area contributed by atoms with Gasteiger partial charge in [0.15, 0.2) is 11.6 Å². The number of aromatic nitrogens is 4. The highest BCUT2D eigenvalue weighted by atomic mass is 35.5. The number of amides is 2. The number of pyridine rings is 1. The maximum Gasteiger partial charge on any atom is 0.263 e. The van der Waals surface area contributed by atoms with Crippen LogP contribution in [0.3, 0.4) is 0 Å². The van der Waals surface area contributed by atoms with E-state index in [2.05, 4.69) is 38.9 Å². The molecule has 3 aromatic heterocycles. The molecule has 0 unspecified atom stereocenters. The molecule has 15 heteroatoms. The number of carbonyl (C=O) groups is 2. The number of aryl methyl sites for hydroxylation is 1. The number of nitrogens with zero attached hydrogens (tertiary/aromatic N) is 6. The van der Waals surface area contributed by atoms with Gasteiger partial charge in [-0.15, -0.1) is 0 Å². The highest BCUT2D eigenvalue weighted by molar-refractivity contribution is 6.33. The molecule has 12 nitrogen and oxygen atoms in total. The van der Waals surface area contributed by atoms with Gasteiger partial charge in [0.05, 0.1) is 27.9 Å². The maximum absolute atomic E-state index is 15.2. The number of piperazine rings is 1. The molecular formula is C29H31ClF2N8O4. The third-order valence-electron chi connectivity index (χ3n) is 7.94. The monoisotopic (exact) mass is 628 g/mol. The van der Waals surface area contributed by atoms with E-state index in [1.807, 2.05) is 0 Å². The van der Waals surface area contributed by atoms with E-state index >= 15 is 4.39 Å². The van der Waals surface area contributed by atoms with Gasteiger partial charge in [0.1, 0.15) is 23.8 Å².